The van der Waals surface area contributed by atoms with Gasteiger partial charge in [0.1, 0.15) is 6.07 Å². The van der Waals surface area contributed by atoms with Gasteiger partial charge >= 0.3 is 6.18 Å². The van der Waals surface area contributed by atoms with Gasteiger partial charge in [-0.25, -0.2) is 9.50 Å². The normalized spacial score (nSPS) is 11.5. The van der Waals surface area contributed by atoms with Crippen LogP contribution in [-0.2, 0) is 6.18 Å². The lowest BCUT2D eigenvalue weighted by atomic mass is 10.1. The number of alkyl halides is 3. The summed E-state index contributed by atoms with van der Waals surface area (Å²) in [6.45, 7) is 0. The summed E-state index contributed by atoms with van der Waals surface area (Å²) in [5, 5.41) is 12.5. The molecule has 0 spiro atoms. The Morgan fingerprint density at radius 2 is 1.76 bits per heavy atom. The molecule has 0 atom stereocenters. The lowest BCUT2D eigenvalue weighted by Gasteiger charge is -2.04. The molecule has 7 heteroatoms. The molecule has 0 saturated carbocycles. The number of halogens is 3. The Morgan fingerprint density at radius 3 is 2.38 bits per heavy atom. The maximum absolute atomic E-state index is 12.8. The maximum atomic E-state index is 12.8. The molecular weight excluding hydrogens is 281 g/mol. The molecule has 3 aromatic rings. The Kier molecular flexibility index (Phi) is 2.87. The molecule has 4 nitrogen and oxygen atoms in total. The minimum atomic E-state index is -4.66. The van der Waals surface area contributed by atoms with Gasteiger partial charge in [0.15, 0.2) is 5.65 Å². The van der Waals surface area contributed by atoms with Crippen molar-refractivity contribution < 1.29 is 13.2 Å². The van der Waals surface area contributed by atoms with Gasteiger partial charge in [-0.2, -0.15) is 18.4 Å². The fourth-order valence-corrected chi connectivity index (χ4v) is 2.00. The minimum absolute atomic E-state index is 0.0395. The van der Waals surface area contributed by atoms with Gasteiger partial charge in [-0.05, 0) is 12.1 Å². The zero-order chi connectivity index (χ0) is 15.0. The Morgan fingerprint density at radius 1 is 1.05 bits per heavy atom. The van der Waals surface area contributed by atoms with Gasteiger partial charge in [-0.1, -0.05) is 30.3 Å². The number of nitrogens with zero attached hydrogens (tertiary/aromatic N) is 4. The number of rotatable bonds is 1. The van der Waals surface area contributed by atoms with E-state index in [1.165, 1.54) is 6.07 Å². The van der Waals surface area contributed by atoms with E-state index in [1.807, 2.05) is 6.07 Å². The van der Waals surface area contributed by atoms with E-state index in [1.54, 1.807) is 36.4 Å². The zero-order valence-corrected chi connectivity index (χ0v) is 10.5. The second-order valence-corrected chi connectivity index (χ2v) is 4.28. The van der Waals surface area contributed by atoms with Gasteiger partial charge in [-0.3, -0.25) is 0 Å². The van der Waals surface area contributed by atoms with E-state index in [9.17, 15) is 13.2 Å². The molecule has 0 fully saturated rings. The summed E-state index contributed by atoms with van der Waals surface area (Å²) in [6.07, 6.45) is -4.66. The Bertz CT molecular complexity index is 844. The van der Waals surface area contributed by atoms with Crippen LogP contribution in [-0.4, -0.2) is 14.6 Å². The molecule has 0 radical (unpaired) electrons. The molecular formula is C14H7F3N4. The van der Waals surface area contributed by atoms with E-state index in [4.69, 9.17) is 5.26 Å². The van der Waals surface area contributed by atoms with Gasteiger partial charge in [0.2, 0.25) is 0 Å². The average Bonchev–Trinajstić information content (AvgIpc) is 2.92. The molecule has 0 aliphatic rings. The number of fused-ring (bicyclic) bond motifs is 1. The fourth-order valence-electron chi connectivity index (χ4n) is 2.00. The number of hydrogen-bond acceptors (Lipinski definition) is 3. The van der Waals surface area contributed by atoms with Crippen LogP contribution in [0.1, 0.15) is 11.4 Å². The molecule has 3 rings (SSSR count). The number of pyridine rings is 1. The van der Waals surface area contributed by atoms with E-state index >= 15 is 0 Å². The Labute approximate surface area is 117 Å². The van der Waals surface area contributed by atoms with Crippen molar-refractivity contribution in [2.45, 2.75) is 6.18 Å². The topological polar surface area (TPSA) is 54.0 Å². The Balaban J connectivity index is 2.33. The van der Waals surface area contributed by atoms with E-state index in [0.717, 1.165) is 4.52 Å². The summed E-state index contributed by atoms with van der Waals surface area (Å²) in [4.78, 5) is 3.45. The van der Waals surface area contributed by atoms with Crippen LogP contribution in [0.4, 0.5) is 13.2 Å². The third-order valence-electron chi connectivity index (χ3n) is 2.93. The highest BCUT2D eigenvalue weighted by atomic mass is 19.4. The predicted molar refractivity (Wildman–Crippen MR) is 68.1 cm³/mol. The van der Waals surface area contributed by atoms with Gasteiger partial charge in [0.25, 0.3) is 5.82 Å². The van der Waals surface area contributed by atoms with Crippen molar-refractivity contribution in [2.24, 2.45) is 0 Å². The van der Waals surface area contributed by atoms with Crippen LogP contribution in [0.25, 0.3) is 16.9 Å². The van der Waals surface area contributed by atoms with Gasteiger partial charge in [0.05, 0.1) is 11.3 Å². The fraction of sp³-hybridized carbons (Fsp3) is 0.0714. The minimum Gasteiger partial charge on any atom is -0.211 e. The smallest absolute Gasteiger partial charge is 0.211 e. The molecule has 0 saturated heterocycles. The SMILES string of the molecule is N#Cc1ccc(-c2ccccc2)n2nc(C(F)(F)F)nc12. The monoisotopic (exact) mass is 288 g/mol. The first-order valence-corrected chi connectivity index (χ1v) is 5.93. The first-order valence-electron chi connectivity index (χ1n) is 5.93. The maximum Gasteiger partial charge on any atom is 0.453 e. The first-order chi connectivity index (χ1) is 10.0. The zero-order valence-electron chi connectivity index (χ0n) is 10.5. The predicted octanol–water partition coefficient (Wildman–Crippen LogP) is 3.29. The lowest BCUT2D eigenvalue weighted by molar-refractivity contribution is -0.144. The van der Waals surface area contributed by atoms with Crippen LogP contribution in [0.5, 0.6) is 0 Å². The quantitative estimate of drug-likeness (QED) is 0.690. The van der Waals surface area contributed by atoms with E-state index in [-0.39, 0.29) is 11.2 Å². The number of hydrogen-bond donors (Lipinski definition) is 0. The van der Waals surface area contributed by atoms with Crippen molar-refractivity contribution >= 4 is 5.65 Å². The molecule has 0 N–H and O–H groups in total. The largest absolute Gasteiger partial charge is 0.453 e. The highest BCUT2D eigenvalue weighted by molar-refractivity contribution is 5.67. The average molecular weight is 288 g/mol. The highest BCUT2D eigenvalue weighted by Crippen LogP contribution is 2.29. The number of aromatic nitrogens is 3. The summed E-state index contributed by atoms with van der Waals surface area (Å²) >= 11 is 0. The van der Waals surface area contributed by atoms with E-state index in [0.29, 0.717) is 11.3 Å². The van der Waals surface area contributed by atoms with Crippen molar-refractivity contribution in [3.8, 4) is 17.3 Å². The van der Waals surface area contributed by atoms with Crippen LogP contribution in [0, 0.1) is 11.3 Å². The number of nitriles is 1. The molecule has 1 aromatic carbocycles. The van der Waals surface area contributed by atoms with E-state index in [2.05, 4.69) is 10.1 Å². The highest BCUT2D eigenvalue weighted by Gasteiger charge is 2.36. The summed E-state index contributed by atoms with van der Waals surface area (Å²) in [5.74, 6) is -1.26. The summed E-state index contributed by atoms with van der Waals surface area (Å²) in [5.41, 5.74) is 1.06. The van der Waals surface area contributed by atoms with Crippen LogP contribution in [0.3, 0.4) is 0 Å². The molecule has 0 aliphatic heterocycles. The third kappa shape index (κ3) is 2.21. The summed E-state index contributed by atoms with van der Waals surface area (Å²) in [7, 11) is 0. The van der Waals surface area contributed by atoms with Crippen LogP contribution >= 0.6 is 0 Å². The van der Waals surface area contributed by atoms with Gasteiger partial charge in [0, 0.05) is 5.56 Å². The molecule has 0 bridgehead atoms. The Hall–Kier alpha value is -2.88. The van der Waals surface area contributed by atoms with Crippen molar-refractivity contribution in [3.63, 3.8) is 0 Å². The number of benzene rings is 1. The second kappa shape index (κ2) is 4.59. The van der Waals surface area contributed by atoms with Gasteiger partial charge in [-0.15, -0.1) is 5.10 Å². The first kappa shape index (κ1) is 13.1. The van der Waals surface area contributed by atoms with Crippen molar-refractivity contribution in [1.82, 2.24) is 14.6 Å². The van der Waals surface area contributed by atoms with Crippen LogP contribution in [0.2, 0.25) is 0 Å². The molecule has 21 heavy (non-hydrogen) atoms. The molecule has 0 aliphatic carbocycles. The van der Waals surface area contributed by atoms with Crippen LogP contribution in [0.15, 0.2) is 42.5 Å². The second-order valence-electron chi connectivity index (χ2n) is 4.28. The van der Waals surface area contributed by atoms with Crippen molar-refractivity contribution in [3.05, 3.63) is 53.9 Å². The molecule has 0 unspecified atom stereocenters. The van der Waals surface area contributed by atoms with Gasteiger partial charge < -0.3 is 0 Å². The van der Waals surface area contributed by atoms with Crippen molar-refractivity contribution in [2.75, 3.05) is 0 Å². The lowest BCUT2D eigenvalue weighted by Crippen LogP contribution is -2.07. The third-order valence-corrected chi connectivity index (χ3v) is 2.93. The van der Waals surface area contributed by atoms with Crippen LogP contribution < -0.4 is 0 Å². The molecule has 2 heterocycles. The summed E-state index contributed by atoms with van der Waals surface area (Å²) < 4.78 is 39.4. The van der Waals surface area contributed by atoms with Crippen molar-refractivity contribution in [1.29, 1.82) is 5.26 Å². The summed E-state index contributed by atoms with van der Waals surface area (Å²) in [6, 6.07) is 13.6. The molecule has 104 valence electrons. The molecule has 2 aromatic heterocycles. The van der Waals surface area contributed by atoms with E-state index < -0.39 is 12.0 Å². The standard InChI is InChI=1S/C14H7F3N4/c15-14(16,17)13-19-12-10(8-18)6-7-11(21(12)20-13)9-4-2-1-3-5-9/h1-7H. The molecule has 0 amide bonds.